The zero-order chi connectivity index (χ0) is 18.2. The van der Waals surface area contributed by atoms with Gasteiger partial charge in [-0.1, -0.05) is 6.07 Å². The molecule has 0 fully saturated rings. The van der Waals surface area contributed by atoms with E-state index < -0.39 is 24.4 Å². The fourth-order valence-corrected chi connectivity index (χ4v) is 2.43. The standard InChI is InChI=1S/C16H16N2O6S/c1-22-10-5-6-11(12(8-10)23-2)16(21)24-9-14(19)17-18-15(20)13-4-3-7-25-13/h3-8H,9H2,1-2H3,(H,17,19)(H,18,20). The van der Waals surface area contributed by atoms with E-state index in [1.165, 1.54) is 37.7 Å². The van der Waals surface area contributed by atoms with Gasteiger partial charge in [-0.15, -0.1) is 11.3 Å². The topological polar surface area (TPSA) is 103 Å². The van der Waals surface area contributed by atoms with Crippen molar-refractivity contribution in [3.8, 4) is 11.5 Å². The second-order valence-electron chi connectivity index (χ2n) is 4.62. The van der Waals surface area contributed by atoms with Crippen molar-refractivity contribution in [2.75, 3.05) is 20.8 Å². The summed E-state index contributed by atoms with van der Waals surface area (Å²) in [6.45, 7) is -0.557. The van der Waals surface area contributed by atoms with E-state index in [-0.39, 0.29) is 11.3 Å². The molecule has 0 aliphatic rings. The SMILES string of the molecule is COc1ccc(C(=O)OCC(=O)NNC(=O)c2cccs2)c(OC)c1. The van der Waals surface area contributed by atoms with Gasteiger partial charge < -0.3 is 14.2 Å². The minimum Gasteiger partial charge on any atom is -0.497 e. The smallest absolute Gasteiger partial charge is 0.342 e. The second-order valence-corrected chi connectivity index (χ2v) is 5.57. The first-order valence-electron chi connectivity index (χ1n) is 7.07. The van der Waals surface area contributed by atoms with Crippen LogP contribution in [0, 0.1) is 0 Å². The minimum absolute atomic E-state index is 0.152. The predicted molar refractivity (Wildman–Crippen MR) is 89.8 cm³/mol. The third-order valence-electron chi connectivity index (χ3n) is 3.02. The van der Waals surface area contributed by atoms with Crippen LogP contribution in [-0.2, 0) is 9.53 Å². The summed E-state index contributed by atoms with van der Waals surface area (Å²) in [6, 6.07) is 7.89. The highest BCUT2D eigenvalue weighted by Crippen LogP contribution is 2.25. The van der Waals surface area contributed by atoms with Gasteiger partial charge >= 0.3 is 5.97 Å². The zero-order valence-electron chi connectivity index (χ0n) is 13.5. The predicted octanol–water partition coefficient (Wildman–Crippen LogP) is 1.38. The molecule has 8 nitrogen and oxygen atoms in total. The summed E-state index contributed by atoms with van der Waals surface area (Å²) in [5.41, 5.74) is 4.54. The molecule has 0 unspecified atom stereocenters. The zero-order valence-corrected chi connectivity index (χ0v) is 14.3. The van der Waals surface area contributed by atoms with Crippen LogP contribution in [0.1, 0.15) is 20.0 Å². The molecule has 0 saturated carbocycles. The number of rotatable bonds is 6. The monoisotopic (exact) mass is 364 g/mol. The van der Waals surface area contributed by atoms with Crippen LogP contribution in [0.2, 0.25) is 0 Å². The number of hydrazine groups is 1. The lowest BCUT2D eigenvalue weighted by atomic mass is 10.2. The summed E-state index contributed by atoms with van der Waals surface area (Å²) < 4.78 is 15.0. The first-order valence-corrected chi connectivity index (χ1v) is 7.95. The third kappa shape index (κ3) is 4.95. The van der Waals surface area contributed by atoms with Gasteiger partial charge in [-0.2, -0.15) is 0 Å². The number of methoxy groups -OCH3 is 2. The van der Waals surface area contributed by atoms with Crippen LogP contribution < -0.4 is 20.3 Å². The van der Waals surface area contributed by atoms with E-state index in [2.05, 4.69) is 10.9 Å². The van der Waals surface area contributed by atoms with Crippen molar-refractivity contribution in [3.63, 3.8) is 0 Å². The molecule has 132 valence electrons. The van der Waals surface area contributed by atoms with Gasteiger partial charge in [-0.3, -0.25) is 20.4 Å². The lowest BCUT2D eigenvalue weighted by Crippen LogP contribution is -2.43. The normalized spacial score (nSPS) is 9.84. The number of thiophene rings is 1. The molecule has 2 amide bonds. The van der Waals surface area contributed by atoms with Crippen LogP contribution in [0.4, 0.5) is 0 Å². The summed E-state index contributed by atoms with van der Waals surface area (Å²) in [7, 11) is 2.89. The highest BCUT2D eigenvalue weighted by Gasteiger charge is 2.16. The van der Waals surface area contributed by atoms with Crippen LogP contribution in [0.15, 0.2) is 35.7 Å². The molecule has 2 aromatic rings. The molecule has 1 heterocycles. The molecule has 25 heavy (non-hydrogen) atoms. The van der Waals surface area contributed by atoms with Crippen molar-refractivity contribution in [2.45, 2.75) is 0 Å². The molecule has 9 heteroatoms. The van der Waals surface area contributed by atoms with E-state index in [0.29, 0.717) is 10.6 Å². The van der Waals surface area contributed by atoms with E-state index >= 15 is 0 Å². The Morgan fingerprint density at radius 2 is 1.88 bits per heavy atom. The van der Waals surface area contributed by atoms with Crippen molar-refractivity contribution in [1.82, 2.24) is 10.9 Å². The molecule has 0 aliphatic carbocycles. The molecule has 0 bridgehead atoms. The van der Waals surface area contributed by atoms with Crippen LogP contribution in [0.25, 0.3) is 0 Å². The van der Waals surface area contributed by atoms with Crippen LogP contribution >= 0.6 is 11.3 Å². The van der Waals surface area contributed by atoms with E-state index in [1.807, 2.05) is 0 Å². The molecular formula is C16H16N2O6S. The van der Waals surface area contributed by atoms with Gasteiger partial charge in [0, 0.05) is 6.07 Å². The van der Waals surface area contributed by atoms with Crippen molar-refractivity contribution in [3.05, 3.63) is 46.2 Å². The Balaban J connectivity index is 1.85. The summed E-state index contributed by atoms with van der Waals surface area (Å²) in [6.07, 6.45) is 0. The van der Waals surface area contributed by atoms with E-state index in [9.17, 15) is 14.4 Å². The largest absolute Gasteiger partial charge is 0.497 e. The number of amides is 2. The molecule has 2 N–H and O–H groups in total. The lowest BCUT2D eigenvalue weighted by molar-refractivity contribution is -0.125. The Hall–Kier alpha value is -3.07. The number of esters is 1. The number of carbonyl (C=O) groups is 3. The Labute approximate surface area is 147 Å². The molecule has 0 spiro atoms. The fraction of sp³-hybridized carbons (Fsp3) is 0.188. The summed E-state index contributed by atoms with van der Waals surface area (Å²) in [5.74, 6) is -1.09. The maximum Gasteiger partial charge on any atom is 0.342 e. The summed E-state index contributed by atoms with van der Waals surface area (Å²) >= 11 is 1.23. The molecule has 0 radical (unpaired) electrons. The number of benzene rings is 1. The van der Waals surface area contributed by atoms with E-state index in [0.717, 1.165) is 0 Å². The Kier molecular flexibility index (Phi) is 6.35. The molecular weight excluding hydrogens is 348 g/mol. The number of ether oxygens (including phenoxy) is 3. The maximum atomic E-state index is 12.0. The van der Waals surface area contributed by atoms with Gasteiger partial charge in [0.15, 0.2) is 6.61 Å². The van der Waals surface area contributed by atoms with Gasteiger partial charge in [-0.05, 0) is 23.6 Å². The van der Waals surface area contributed by atoms with Gasteiger partial charge in [0.25, 0.3) is 11.8 Å². The Bertz CT molecular complexity index is 760. The number of carbonyl (C=O) groups excluding carboxylic acids is 3. The number of nitrogens with one attached hydrogen (secondary N) is 2. The number of hydrogen-bond acceptors (Lipinski definition) is 7. The third-order valence-corrected chi connectivity index (χ3v) is 3.89. The first-order chi connectivity index (χ1) is 12.0. The summed E-state index contributed by atoms with van der Waals surface area (Å²) in [4.78, 5) is 35.8. The average Bonchev–Trinajstić information content (AvgIpc) is 3.18. The van der Waals surface area contributed by atoms with Crippen LogP contribution in [0.5, 0.6) is 11.5 Å². The van der Waals surface area contributed by atoms with E-state index in [4.69, 9.17) is 14.2 Å². The Morgan fingerprint density at radius 1 is 1.08 bits per heavy atom. The maximum absolute atomic E-state index is 12.0. The minimum atomic E-state index is -0.737. The van der Waals surface area contributed by atoms with Crippen molar-refractivity contribution < 1.29 is 28.6 Å². The first kappa shape index (κ1) is 18.3. The quantitative estimate of drug-likeness (QED) is 0.593. The van der Waals surface area contributed by atoms with Crippen LogP contribution in [-0.4, -0.2) is 38.6 Å². The molecule has 0 atom stereocenters. The average molecular weight is 364 g/mol. The van der Waals surface area contributed by atoms with Gasteiger partial charge in [-0.25, -0.2) is 4.79 Å². The Morgan fingerprint density at radius 3 is 2.52 bits per heavy atom. The van der Waals surface area contributed by atoms with Gasteiger partial charge in [0.05, 0.1) is 19.1 Å². The fourth-order valence-electron chi connectivity index (χ4n) is 1.81. The van der Waals surface area contributed by atoms with Crippen LogP contribution in [0.3, 0.4) is 0 Å². The van der Waals surface area contributed by atoms with Gasteiger partial charge in [0.1, 0.15) is 17.1 Å². The highest BCUT2D eigenvalue weighted by atomic mass is 32.1. The van der Waals surface area contributed by atoms with Crippen molar-refractivity contribution in [2.24, 2.45) is 0 Å². The van der Waals surface area contributed by atoms with Crippen molar-refractivity contribution in [1.29, 1.82) is 0 Å². The summed E-state index contributed by atoms with van der Waals surface area (Å²) in [5, 5.41) is 1.74. The highest BCUT2D eigenvalue weighted by molar-refractivity contribution is 7.12. The van der Waals surface area contributed by atoms with E-state index in [1.54, 1.807) is 23.6 Å². The molecule has 1 aromatic carbocycles. The number of hydrogen-bond donors (Lipinski definition) is 2. The lowest BCUT2D eigenvalue weighted by Gasteiger charge is -2.10. The molecule has 0 aliphatic heterocycles. The van der Waals surface area contributed by atoms with Crippen molar-refractivity contribution >= 4 is 29.1 Å². The molecule has 0 saturated heterocycles. The second kappa shape index (κ2) is 8.69. The molecule has 1 aromatic heterocycles. The molecule has 2 rings (SSSR count). The van der Waals surface area contributed by atoms with Gasteiger partial charge in [0.2, 0.25) is 0 Å².